The van der Waals surface area contributed by atoms with Gasteiger partial charge in [0.15, 0.2) is 11.9 Å². The van der Waals surface area contributed by atoms with Crippen molar-refractivity contribution in [1.29, 1.82) is 0 Å². The summed E-state index contributed by atoms with van der Waals surface area (Å²) in [5, 5.41) is 2.79. The lowest BCUT2D eigenvalue weighted by Crippen LogP contribution is -2.38. The number of rotatable bonds is 3. The monoisotopic (exact) mass is 366 g/mol. The molecule has 1 atom stereocenters. The van der Waals surface area contributed by atoms with Crippen LogP contribution in [0.1, 0.15) is 35.3 Å². The molecule has 4 rings (SSSR count). The molecule has 1 unspecified atom stereocenters. The van der Waals surface area contributed by atoms with E-state index >= 15 is 0 Å². The minimum atomic E-state index is -0.623. The summed E-state index contributed by atoms with van der Waals surface area (Å²) >= 11 is 0. The van der Waals surface area contributed by atoms with Crippen LogP contribution in [-0.4, -0.2) is 36.0 Å². The lowest BCUT2D eigenvalue weighted by atomic mass is 9.98. The van der Waals surface area contributed by atoms with Crippen LogP contribution >= 0.6 is 0 Å². The molecule has 6 nitrogen and oxygen atoms in total. The summed E-state index contributed by atoms with van der Waals surface area (Å²) in [6.07, 6.45) is 0.179. The van der Waals surface area contributed by atoms with Crippen LogP contribution in [0.4, 0.5) is 5.69 Å². The number of anilines is 1. The predicted molar refractivity (Wildman–Crippen MR) is 101 cm³/mol. The Hall–Kier alpha value is -3.02. The summed E-state index contributed by atoms with van der Waals surface area (Å²) in [6, 6.07) is 11.3. The van der Waals surface area contributed by atoms with E-state index in [2.05, 4.69) is 11.4 Å². The molecule has 0 bridgehead atoms. The molecular formula is C21H22N2O4. The first-order chi connectivity index (χ1) is 13.1. The van der Waals surface area contributed by atoms with E-state index < -0.39 is 6.10 Å². The van der Waals surface area contributed by atoms with Gasteiger partial charge in [-0.1, -0.05) is 12.1 Å². The van der Waals surface area contributed by atoms with Crippen molar-refractivity contribution in [3.8, 4) is 11.5 Å². The summed E-state index contributed by atoms with van der Waals surface area (Å²) in [7, 11) is 0. The average Bonchev–Trinajstić information content (AvgIpc) is 2.67. The highest BCUT2D eigenvalue weighted by molar-refractivity contribution is 6.04. The van der Waals surface area contributed by atoms with Crippen molar-refractivity contribution in [2.75, 3.05) is 18.5 Å². The molecule has 0 fully saturated rings. The summed E-state index contributed by atoms with van der Waals surface area (Å²) in [6.45, 7) is 5.41. The number of carbonyl (C=O) groups is 2. The third-order valence-electron chi connectivity index (χ3n) is 4.96. The van der Waals surface area contributed by atoms with Gasteiger partial charge >= 0.3 is 0 Å². The van der Waals surface area contributed by atoms with Gasteiger partial charge in [0.2, 0.25) is 0 Å². The molecule has 6 heteroatoms. The highest BCUT2D eigenvalue weighted by Gasteiger charge is 2.30. The van der Waals surface area contributed by atoms with Crippen LogP contribution in [0, 0.1) is 0 Å². The number of benzene rings is 2. The normalized spacial score (nSPS) is 18.1. The molecule has 2 heterocycles. The summed E-state index contributed by atoms with van der Waals surface area (Å²) in [5.74, 6) is 0.969. The Morgan fingerprint density at radius 2 is 2.15 bits per heavy atom. The minimum Gasteiger partial charge on any atom is -0.494 e. The quantitative estimate of drug-likeness (QED) is 0.907. The molecule has 0 aromatic heterocycles. The Balaban J connectivity index is 1.61. The lowest BCUT2D eigenvalue weighted by Gasteiger charge is -2.31. The van der Waals surface area contributed by atoms with Crippen LogP contribution in [0.15, 0.2) is 36.4 Å². The summed E-state index contributed by atoms with van der Waals surface area (Å²) in [4.78, 5) is 26.8. The van der Waals surface area contributed by atoms with Crippen molar-refractivity contribution in [2.45, 2.75) is 32.9 Å². The van der Waals surface area contributed by atoms with Crippen molar-refractivity contribution >= 4 is 17.5 Å². The largest absolute Gasteiger partial charge is 0.494 e. The minimum absolute atomic E-state index is 0.0948. The van der Waals surface area contributed by atoms with Crippen LogP contribution in [0.2, 0.25) is 0 Å². The molecule has 0 aliphatic carbocycles. The van der Waals surface area contributed by atoms with E-state index in [1.807, 2.05) is 24.0 Å². The van der Waals surface area contributed by atoms with E-state index in [4.69, 9.17) is 9.47 Å². The Morgan fingerprint density at radius 3 is 2.96 bits per heavy atom. The van der Waals surface area contributed by atoms with Gasteiger partial charge in [0.1, 0.15) is 5.75 Å². The number of amides is 2. The molecule has 2 aromatic rings. The number of fused-ring (bicyclic) bond motifs is 2. The maximum atomic E-state index is 13.2. The third-order valence-corrected chi connectivity index (χ3v) is 4.96. The Morgan fingerprint density at radius 1 is 1.30 bits per heavy atom. The number of ether oxygens (including phenoxy) is 2. The molecule has 2 aromatic carbocycles. The van der Waals surface area contributed by atoms with Gasteiger partial charge in [-0.2, -0.15) is 0 Å². The molecule has 2 aliphatic rings. The zero-order valence-corrected chi connectivity index (χ0v) is 15.5. The van der Waals surface area contributed by atoms with Crippen LogP contribution < -0.4 is 14.8 Å². The van der Waals surface area contributed by atoms with Crippen molar-refractivity contribution in [3.05, 3.63) is 53.1 Å². The van der Waals surface area contributed by atoms with Crippen molar-refractivity contribution in [1.82, 2.24) is 4.90 Å². The molecule has 2 aliphatic heterocycles. The fourth-order valence-electron chi connectivity index (χ4n) is 3.53. The Kier molecular flexibility index (Phi) is 4.48. The third kappa shape index (κ3) is 3.23. The van der Waals surface area contributed by atoms with E-state index in [1.54, 1.807) is 25.1 Å². The number of carbonyl (C=O) groups excluding carboxylic acids is 2. The van der Waals surface area contributed by atoms with Gasteiger partial charge in [0.25, 0.3) is 11.8 Å². The van der Waals surface area contributed by atoms with Crippen LogP contribution in [0.3, 0.4) is 0 Å². The maximum Gasteiger partial charge on any atom is 0.265 e. The van der Waals surface area contributed by atoms with Gasteiger partial charge in [-0.15, -0.1) is 0 Å². The second-order valence-corrected chi connectivity index (χ2v) is 6.77. The fraction of sp³-hybridized carbons (Fsp3) is 0.333. The van der Waals surface area contributed by atoms with E-state index in [0.717, 1.165) is 17.7 Å². The zero-order valence-electron chi connectivity index (χ0n) is 15.5. The number of nitrogens with zero attached hydrogens (tertiary/aromatic N) is 1. The molecule has 0 spiro atoms. The first-order valence-corrected chi connectivity index (χ1v) is 9.21. The van der Waals surface area contributed by atoms with Crippen LogP contribution in [0.5, 0.6) is 11.5 Å². The van der Waals surface area contributed by atoms with Gasteiger partial charge in [-0.25, -0.2) is 0 Å². The van der Waals surface area contributed by atoms with E-state index in [-0.39, 0.29) is 11.8 Å². The van der Waals surface area contributed by atoms with Crippen LogP contribution in [0.25, 0.3) is 0 Å². The molecular weight excluding hydrogens is 344 g/mol. The van der Waals surface area contributed by atoms with Gasteiger partial charge < -0.3 is 19.7 Å². The number of nitrogens with one attached hydrogen (secondary N) is 1. The molecule has 2 amide bonds. The van der Waals surface area contributed by atoms with Crippen molar-refractivity contribution in [2.24, 2.45) is 0 Å². The lowest BCUT2D eigenvalue weighted by molar-refractivity contribution is -0.122. The molecule has 0 saturated carbocycles. The molecule has 0 saturated heterocycles. The first kappa shape index (κ1) is 17.4. The molecule has 0 radical (unpaired) electrons. The number of hydrogen-bond acceptors (Lipinski definition) is 4. The summed E-state index contributed by atoms with van der Waals surface area (Å²) < 4.78 is 11.3. The molecule has 140 valence electrons. The zero-order chi connectivity index (χ0) is 19.0. The van der Waals surface area contributed by atoms with E-state index in [0.29, 0.717) is 36.7 Å². The van der Waals surface area contributed by atoms with Gasteiger partial charge in [-0.05, 0) is 55.7 Å². The molecule has 27 heavy (non-hydrogen) atoms. The van der Waals surface area contributed by atoms with Crippen molar-refractivity contribution in [3.63, 3.8) is 0 Å². The van der Waals surface area contributed by atoms with Gasteiger partial charge in [0.05, 0.1) is 17.9 Å². The smallest absolute Gasteiger partial charge is 0.265 e. The first-order valence-electron chi connectivity index (χ1n) is 9.21. The van der Waals surface area contributed by atoms with E-state index in [9.17, 15) is 9.59 Å². The number of hydrogen-bond donors (Lipinski definition) is 1. The summed E-state index contributed by atoms with van der Waals surface area (Å²) in [5.41, 5.74) is 3.37. The van der Waals surface area contributed by atoms with Gasteiger partial charge in [0, 0.05) is 13.1 Å². The Labute approximate surface area is 158 Å². The highest BCUT2D eigenvalue weighted by atomic mass is 16.5. The highest BCUT2D eigenvalue weighted by Crippen LogP contribution is 2.35. The SMILES string of the molecule is CCOc1ccc2c(c1)CN(C(=O)c1cccc3c1OC(C)C(=O)N3)CC2. The van der Waals surface area contributed by atoms with Gasteiger partial charge in [-0.3, -0.25) is 9.59 Å². The molecule has 1 N–H and O–H groups in total. The topological polar surface area (TPSA) is 67.9 Å². The standard InChI is InChI=1S/C21H22N2O4/c1-3-26-16-8-7-14-9-10-23(12-15(14)11-16)21(25)17-5-4-6-18-19(17)27-13(2)20(24)22-18/h4-8,11,13H,3,9-10,12H2,1-2H3,(H,22,24). The van der Waals surface area contributed by atoms with E-state index in [1.165, 1.54) is 5.56 Å². The fourth-order valence-corrected chi connectivity index (χ4v) is 3.53. The second-order valence-electron chi connectivity index (χ2n) is 6.77. The predicted octanol–water partition coefficient (Wildman–Crippen LogP) is 3.00. The Bertz CT molecular complexity index is 909. The van der Waals surface area contributed by atoms with Crippen LogP contribution in [-0.2, 0) is 17.8 Å². The number of para-hydroxylation sites is 1. The second kappa shape index (κ2) is 6.95. The maximum absolute atomic E-state index is 13.2. The van der Waals surface area contributed by atoms with Crippen molar-refractivity contribution < 1.29 is 19.1 Å². The average molecular weight is 366 g/mol.